The van der Waals surface area contributed by atoms with Gasteiger partial charge in [-0.1, -0.05) is 30.3 Å². The fourth-order valence-corrected chi connectivity index (χ4v) is 0.673. The molecule has 0 amide bonds. The monoisotopic (exact) mass is 268 g/mol. The topological polar surface area (TPSA) is 17.1 Å². The summed E-state index contributed by atoms with van der Waals surface area (Å²) in [6, 6.07) is 7.03. The molecule has 0 aliphatic carbocycles. The third kappa shape index (κ3) is 10.1. The van der Waals surface area contributed by atoms with Crippen molar-refractivity contribution in [2.24, 2.45) is 0 Å². The summed E-state index contributed by atoms with van der Waals surface area (Å²) in [7, 11) is 0. The highest BCUT2D eigenvalue weighted by Crippen LogP contribution is 2.17. The van der Waals surface area contributed by atoms with Crippen LogP contribution in [0.2, 0.25) is 6.55 Å². The largest absolute Gasteiger partial charge is 0.338 e. The van der Waals surface area contributed by atoms with Crippen molar-refractivity contribution in [1.29, 1.82) is 0 Å². The van der Waals surface area contributed by atoms with Crippen LogP contribution in [0.15, 0.2) is 30.3 Å². The highest BCUT2D eigenvalue weighted by molar-refractivity contribution is 7.64. The highest BCUT2D eigenvalue weighted by atomic mass is 35.8. The third-order valence-corrected chi connectivity index (χ3v) is 1.18. The molecule has 0 N–H and O–H groups in total. The molecule has 0 spiro atoms. The van der Waals surface area contributed by atoms with E-state index in [-0.39, 0.29) is 5.78 Å². The average molecular weight is 270 g/mol. The van der Waals surface area contributed by atoms with Crippen molar-refractivity contribution in [3.05, 3.63) is 35.9 Å². The second-order valence-electron chi connectivity index (χ2n) is 2.70. The summed E-state index contributed by atoms with van der Waals surface area (Å²) < 4.78 is 0. The SMILES string of the molecule is CC(=O)c1ccccc1.C[Si](Cl)(Cl)Cl. The molecular formula is C9H11Cl3OSi. The summed E-state index contributed by atoms with van der Waals surface area (Å²) >= 11 is 15.6. The maximum absolute atomic E-state index is 10.6. The molecule has 5 heteroatoms. The molecule has 78 valence electrons. The van der Waals surface area contributed by atoms with Crippen molar-refractivity contribution in [2.75, 3.05) is 0 Å². The van der Waals surface area contributed by atoms with Crippen LogP contribution in [-0.4, -0.2) is 11.8 Å². The molecule has 0 bridgehead atoms. The quantitative estimate of drug-likeness (QED) is 0.425. The molecule has 1 rings (SSSR count). The number of Topliss-reactive ketones (excluding diaryl/α,β-unsaturated/α-hetero) is 1. The van der Waals surface area contributed by atoms with Crippen LogP contribution in [-0.2, 0) is 0 Å². The standard InChI is InChI=1S/C8H8O.CH3Cl3Si/c1-7(9)8-5-3-2-4-6-8;1-5(2,3)4/h2-6H,1H3;1H3. The predicted octanol–water partition coefficient (Wildman–Crippen LogP) is 4.16. The molecule has 1 aromatic rings. The molecule has 0 unspecified atom stereocenters. The van der Waals surface area contributed by atoms with Gasteiger partial charge in [0.2, 0.25) is 0 Å². The van der Waals surface area contributed by atoms with Crippen LogP contribution in [0.4, 0.5) is 0 Å². The lowest BCUT2D eigenvalue weighted by atomic mass is 10.2. The van der Waals surface area contributed by atoms with Crippen molar-refractivity contribution < 1.29 is 4.79 Å². The van der Waals surface area contributed by atoms with Crippen molar-refractivity contribution >= 4 is 45.0 Å². The highest BCUT2D eigenvalue weighted by Gasteiger charge is 2.13. The summed E-state index contributed by atoms with van der Waals surface area (Å²) in [6.07, 6.45) is 0. The Morgan fingerprint density at radius 3 is 1.71 bits per heavy atom. The lowest BCUT2D eigenvalue weighted by Gasteiger charge is -1.89. The average Bonchev–Trinajstić information content (AvgIpc) is 2.03. The minimum absolute atomic E-state index is 0.121. The maximum Gasteiger partial charge on any atom is 0.338 e. The molecule has 0 heterocycles. The van der Waals surface area contributed by atoms with E-state index >= 15 is 0 Å². The van der Waals surface area contributed by atoms with E-state index in [4.69, 9.17) is 33.2 Å². The number of ketones is 1. The van der Waals surface area contributed by atoms with Gasteiger partial charge in [-0.2, -0.15) is 0 Å². The van der Waals surface area contributed by atoms with E-state index in [1.807, 2.05) is 30.3 Å². The molecule has 0 aromatic heterocycles. The molecule has 0 saturated carbocycles. The van der Waals surface area contributed by atoms with Crippen LogP contribution in [0.25, 0.3) is 0 Å². The van der Waals surface area contributed by atoms with Gasteiger partial charge in [-0.15, -0.1) is 33.2 Å². The van der Waals surface area contributed by atoms with Crippen LogP contribution in [0.5, 0.6) is 0 Å². The van der Waals surface area contributed by atoms with Gasteiger partial charge >= 0.3 is 6.00 Å². The van der Waals surface area contributed by atoms with E-state index < -0.39 is 6.00 Å². The predicted molar refractivity (Wildman–Crippen MR) is 65.6 cm³/mol. The molecule has 0 radical (unpaired) electrons. The zero-order valence-corrected chi connectivity index (χ0v) is 11.2. The first-order valence-electron chi connectivity index (χ1n) is 3.93. The van der Waals surface area contributed by atoms with Gasteiger partial charge in [0.05, 0.1) is 0 Å². The number of hydrogen-bond donors (Lipinski definition) is 0. The number of benzene rings is 1. The summed E-state index contributed by atoms with van der Waals surface area (Å²) in [5.41, 5.74) is 0.775. The normalized spacial score (nSPS) is 10.1. The molecule has 0 atom stereocenters. The summed E-state index contributed by atoms with van der Waals surface area (Å²) in [5, 5.41) is 0. The Hall–Kier alpha value is -0.0231. The Morgan fingerprint density at radius 2 is 1.50 bits per heavy atom. The Bertz CT molecular complexity index is 276. The van der Waals surface area contributed by atoms with E-state index in [0.29, 0.717) is 0 Å². The smallest absolute Gasteiger partial charge is 0.295 e. The van der Waals surface area contributed by atoms with Crippen molar-refractivity contribution in [2.45, 2.75) is 13.5 Å². The van der Waals surface area contributed by atoms with E-state index in [2.05, 4.69) is 0 Å². The Labute approximate surface area is 99.1 Å². The van der Waals surface area contributed by atoms with E-state index in [9.17, 15) is 4.79 Å². The van der Waals surface area contributed by atoms with Crippen LogP contribution in [0, 0.1) is 0 Å². The minimum atomic E-state index is -2.19. The van der Waals surface area contributed by atoms with Crippen LogP contribution >= 0.6 is 33.2 Å². The third-order valence-electron chi connectivity index (χ3n) is 1.18. The van der Waals surface area contributed by atoms with Gasteiger partial charge in [0.25, 0.3) is 0 Å². The second kappa shape index (κ2) is 6.46. The van der Waals surface area contributed by atoms with Gasteiger partial charge in [-0.3, -0.25) is 4.79 Å². The summed E-state index contributed by atoms with van der Waals surface area (Å²) in [4.78, 5) is 10.6. The number of carbonyl (C=O) groups is 1. The molecule has 1 aromatic carbocycles. The van der Waals surface area contributed by atoms with Gasteiger partial charge in [-0.25, -0.2) is 0 Å². The number of halogens is 3. The fourth-order valence-electron chi connectivity index (χ4n) is 0.673. The molecule has 0 aliphatic heterocycles. The maximum atomic E-state index is 10.6. The van der Waals surface area contributed by atoms with E-state index in [1.165, 1.54) is 0 Å². The molecule has 0 saturated heterocycles. The Balaban J connectivity index is 0.000000292. The molecule has 0 fully saturated rings. The lowest BCUT2D eigenvalue weighted by molar-refractivity contribution is 0.101. The minimum Gasteiger partial charge on any atom is -0.295 e. The fraction of sp³-hybridized carbons (Fsp3) is 0.222. The lowest BCUT2D eigenvalue weighted by Crippen LogP contribution is -1.97. The van der Waals surface area contributed by atoms with Crippen LogP contribution < -0.4 is 0 Å². The first-order valence-corrected chi connectivity index (χ1v) is 9.47. The van der Waals surface area contributed by atoms with Gasteiger partial charge in [0, 0.05) is 5.56 Å². The summed E-state index contributed by atoms with van der Waals surface area (Å²) in [6.45, 7) is 3.19. The Kier molecular flexibility index (Phi) is 6.45. The number of rotatable bonds is 1. The van der Waals surface area contributed by atoms with Crippen molar-refractivity contribution in [1.82, 2.24) is 0 Å². The van der Waals surface area contributed by atoms with Crippen molar-refractivity contribution in [3.8, 4) is 0 Å². The molecule has 14 heavy (non-hydrogen) atoms. The van der Waals surface area contributed by atoms with Gasteiger partial charge in [-0.05, 0) is 13.5 Å². The zero-order valence-electron chi connectivity index (χ0n) is 7.93. The first kappa shape index (κ1) is 14.0. The second-order valence-corrected chi connectivity index (χ2v) is 12.8. The van der Waals surface area contributed by atoms with Gasteiger partial charge in [0.1, 0.15) is 0 Å². The number of carbonyl (C=O) groups excluding carboxylic acids is 1. The van der Waals surface area contributed by atoms with Gasteiger partial charge < -0.3 is 0 Å². The first-order chi connectivity index (χ1) is 6.30. The molecule has 0 aliphatic rings. The summed E-state index contributed by atoms with van der Waals surface area (Å²) in [5.74, 6) is 0.121. The number of hydrogen-bond acceptors (Lipinski definition) is 1. The van der Waals surface area contributed by atoms with Crippen molar-refractivity contribution in [3.63, 3.8) is 0 Å². The van der Waals surface area contributed by atoms with E-state index in [0.717, 1.165) is 5.56 Å². The van der Waals surface area contributed by atoms with Crippen LogP contribution in [0.3, 0.4) is 0 Å². The zero-order chi connectivity index (χ0) is 11.2. The van der Waals surface area contributed by atoms with E-state index in [1.54, 1.807) is 13.5 Å². The molecular weight excluding hydrogens is 259 g/mol. The molecule has 1 nitrogen and oxygen atoms in total. The van der Waals surface area contributed by atoms with Gasteiger partial charge in [0.15, 0.2) is 5.78 Å². The Morgan fingerprint density at radius 1 is 1.14 bits per heavy atom. The van der Waals surface area contributed by atoms with Crippen LogP contribution in [0.1, 0.15) is 17.3 Å².